The van der Waals surface area contributed by atoms with Crippen molar-refractivity contribution in [2.24, 2.45) is 0 Å². The lowest BCUT2D eigenvalue weighted by Crippen LogP contribution is -2.14. The van der Waals surface area contributed by atoms with Crippen LogP contribution >= 0.6 is 23.1 Å². The van der Waals surface area contributed by atoms with Crippen LogP contribution in [0, 0.1) is 12.7 Å². The van der Waals surface area contributed by atoms with Gasteiger partial charge in [-0.3, -0.25) is 4.79 Å². The Kier molecular flexibility index (Phi) is 5.51. The van der Waals surface area contributed by atoms with Gasteiger partial charge < -0.3 is 10.6 Å². The molecule has 0 saturated carbocycles. The molecule has 0 aliphatic carbocycles. The number of amides is 1. The average molecular weight is 326 g/mol. The molecule has 5 nitrogen and oxygen atoms in total. The highest BCUT2D eigenvalue weighted by Gasteiger charge is 2.09. The molecular weight excluding hydrogens is 311 g/mol. The number of rotatable bonds is 6. The Hall–Kier alpha value is -1.67. The predicted molar refractivity (Wildman–Crippen MR) is 84.6 cm³/mol. The van der Waals surface area contributed by atoms with E-state index in [1.54, 1.807) is 6.07 Å². The van der Waals surface area contributed by atoms with Crippen molar-refractivity contribution in [3.05, 3.63) is 29.6 Å². The van der Waals surface area contributed by atoms with Gasteiger partial charge in [0.15, 0.2) is 4.34 Å². The van der Waals surface area contributed by atoms with E-state index in [0.29, 0.717) is 5.69 Å². The molecule has 112 valence electrons. The maximum absolute atomic E-state index is 13.1. The second-order valence-electron chi connectivity index (χ2n) is 4.20. The minimum absolute atomic E-state index is 0.200. The summed E-state index contributed by atoms with van der Waals surface area (Å²) in [5, 5.41) is 14.4. The number of benzene rings is 1. The molecule has 0 spiro atoms. The van der Waals surface area contributed by atoms with Crippen molar-refractivity contribution in [1.29, 1.82) is 0 Å². The standard InChI is InChI=1S/C13H15FN4OS2/c1-3-15-12-17-18-13(21-12)20-7-11(19)16-10-6-9(14)5-4-8(10)2/h4-6H,3,7H2,1-2H3,(H,15,17)(H,16,19). The first kappa shape index (κ1) is 15.7. The molecule has 1 amide bonds. The molecule has 21 heavy (non-hydrogen) atoms. The number of halogens is 1. The summed E-state index contributed by atoms with van der Waals surface area (Å²) < 4.78 is 13.9. The van der Waals surface area contributed by atoms with Gasteiger partial charge in [0, 0.05) is 12.2 Å². The molecule has 2 aromatic rings. The van der Waals surface area contributed by atoms with Gasteiger partial charge in [0.25, 0.3) is 0 Å². The molecule has 0 radical (unpaired) electrons. The number of thioether (sulfide) groups is 1. The third-order valence-electron chi connectivity index (χ3n) is 2.53. The Morgan fingerprint density at radius 2 is 2.24 bits per heavy atom. The van der Waals surface area contributed by atoms with E-state index < -0.39 is 0 Å². The molecule has 8 heteroatoms. The number of aryl methyl sites for hydroxylation is 1. The number of carbonyl (C=O) groups is 1. The van der Waals surface area contributed by atoms with Crippen LogP contribution in [0.1, 0.15) is 12.5 Å². The van der Waals surface area contributed by atoms with Crippen LogP contribution in [0.2, 0.25) is 0 Å². The molecule has 0 unspecified atom stereocenters. The van der Waals surface area contributed by atoms with Crippen LogP contribution in [-0.4, -0.2) is 28.4 Å². The van der Waals surface area contributed by atoms with E-state index in [1.165, 1.54) is 35.2 Å². The molecule has 0 fully saturated rings. The zero-order valence-corrected chi connectivity index (χ0v) is 13.3. The molecule has 1 aromatic carbocycles. The van der Waals surface area contributed by atoms with Crippen LogP contribution in [0.5, 0.6) is 0 Å². The van der Waals surface area contributed by atoms with E-state index in [4.69, 9.17) is 0 Å². The molecule has 2 rings (SSSR count). The number of carbonyl (C=O) groups excluding carboxylic acids is 1. The Labute approximate surface area is 130 Å². The fourth-order valence-corrected chi connectivity index (χ4v) is 3.15. The smallest absolute Gasteiger partial charge is 0.234 e. The number of anilines is 2. The second kappa shape index (κ2) is 7.37. The molecule has 0 bridgehead atoms. The number of nitrogens with one attached hydrogen (secondary N) is 2. The minimum Gasteiger partial charge on any atom is -0.360 e. The van der Waals surface area contributed by atoms with Crippen LogP contribution in [0.4, 0.5) is 15.2 Å². The van der Waals surface area contributed by atoms with Crippen molar-refractivity contribution in [3.63, 3.8) is 0 Å². The number of nitrogens with zero attached hydrogens (tertiary/aromatic N) is 2. The summed E-state index contributed by atoms with van der Waals surface area (Å²) in [4.78, 5) is 11.9. The largest absolute Gasteiger partial charge is 0.360 e. The first-order valence-electron chi connectivity index (χ1n) is 6.34. The molecule has 0 aliphatic rings. The van der Waals surface area contributed by atoms with Crippen LogP contribution in [-0.2, 0) is 4.79 Å². The van der Waals surface area contributed by atoms with Gasteiger partial charge in [-0.15, -0.1) is 10.2 Å². The van der Waals surface area contributed by atoms with E-state index >= 15 is 0 Å². The first-order valence-corrected chi connectivity index (χ1v) is 8.15. The molecule has 0 atom stereocenters. The minimum atomic E-state index is -0.372. The zero-order valence-electron chi connectivity index (χ0n) is 11.6. The van der Waals surface area contributed by atoms with Crippen molar-refractivity contribution < 1.29 is 9.18 Å². The molecule has 1 heterocycles. The van der Waals surface area contributed by atoms with E-state index in [1.807, 2.05) is 13.8 Å². The van der Waals surface area contributed by atoms with E-state index in [9.17, 15) is 9.18 Å². The maximum atomic E-state index is 13.1. The van der Waals surface area contributed by atoms with Gasteiger partial charge in [-0.05, 0) is 31.5 Å². The van der Waals surface area contributed by atoms with E-state index in [-0.39, 0.29) is 17.5 Å². The first-order chi connectivity index (χ1) is 10.1. The van der Waals surface area contributed by atoms with Gasteiger partial charge in [0.2, 0.25) is 11.0 Å². The quantitative estimate of drug-likeness (QED) is 0.798. The third kappa shape index (κ3) is 4.68. The average Bonchev–Trinajstić information content (AvgIpc) is 2.89. The van der Waals surface area contributed by atoms with E-state index in [0.717, 1.165) is 21.6 Å². The summed E-state index contributed by atoms with van der Waals surface area (Å²) in [5.74, 6) is -0.367. The third-order valence-corrected chi connectivity index (χ3v) is 4.55. The van der Waals surface area contributed by atoms with Crippen molar-refractivity contribution in [2.75, 3.05) is 22.9 Å². The number of hydrogen-bond donors (Lipinski definition) is 2. The fraction of sp³-hybridized carbons (Fsp3) is 0.308. The monoisotopic (exact) mass is 326 g/mol. The Morgan fingerprint density at radius 1 is 1.43 bits per heavy atom. The lowest BCUT2D eigenvalue weighted by Gasteiger charge is -2.07. The zero-order chi connectivity index (χ0) is 15.2. The maximum Gasteiger partial charge on any atom is 0.234 e. The number of aromatic nitrogens is 2. The van der Waals surface area contributed by atoms with Crippen LogP contribution in [0.25, 0.3) is 0 Å². The fourth-order valence-electron chi connectivity index (χ4n) is 1.53. The van der Waals surface area contributed by atoms with Gasteiger partial charge in [-0.2, -0.15) is 0 Å². The highest BCUT2D eigenvalue weighted by molar-refractivity contribution is 8.01. The van der Waals surface area contributed by atoms with Crippen LogP contribution < -0.4 is 10.6 Å². The molecule has 2 N–H and O–H groups in total. The SMILES string of the molecule is CCNc1nnc(SCC(=O)Nc2cc(F)ccc2C)s1. The highest BCUT2D eigenvalue weighted by Crippen LogP contribution is 2.25. The van der Waals surface area contributed by atoms with E-state index in [2.05, 4.69) is 20.8 Å². The Bertz CT molecular complexity index is 632. The van der Waals surface area contributed by atoms with Gasteiger partial charge in [-0.25, -0.2) is 4.39 Å². The van der Waals surface area contributed by atoms with Gasteiger partial charge >= 0.3 is 0 Å². The summed E-state index contributed by atoms with van der Waals surface area (Å²) >= 11 is 2.70. The number of hydrogen-bond acceptors (Lipinski definition) is 6. The van der Waals surface area contributed by atoms with Crippen molar-refractivity contribution in [2.45, 2.75) is 18.2 Å². The van der Waals surface area contributed by atoms with Crippen LogP contribution in [0.15, 0.2) is 22.5 Å². The summed E-state index contributed by atoms with van der Waals surface area (Å²) in [7, 11) is 0. The normalized spacial score (nSPS) is 10.4. The topological polar surface area (TPSA) is 66.9 Å². The van der Waals surface area contributed by atoms with Crippen LogP contribution in [0.3, 0.4) is 0 Å². The summed E-state index contributed by atoms with van der Waals surface area (Å²) in [6.45, 7) is 4.57. The summed E-state index contributed by atoms with van der Waals surface area (Å²) in [6.07, 6.45) is 0. The van der Waals surface area contributed by atoms with Crippen molar-refractivity contribution in [1.82, 2.24) is 10.2 Å². The Balaban J connectivity index is 1.88. The molecular formula is C13H15FN4OS2. The predicted octanol–water partition coefficient (Wildman–Crippen LogP) is 3.15. The lowest BCUT2D eigenvalue weighted by atomic mass is 10.2. The molecule has 1 aromatic heterocycles. The second-order valence-corrected chi connectivity index (χ2v) is 6.40. The van der Waals surface area contributed by atoms with Gasteiger partial charge in [-0.1, -0.05) is 29.2 Å². The molecule has 0 saturated heterocycles. The van der Waals surface area contributed by atoms with Gasteiger partial charge in [0.1, 0.15) is 5.82 Å². The molecule has 0 aliphatic heterocycles. The summed E-state index contributed by atoms with van der Waals surface area (Å²) in [5.41, 5.74) is 1.31. The van der Waals surface area contributed by atoms with Gasteiger partial charge in [0.05, 0.1) is 5.75 Å². The van der Waals surface area contributed by atoms with Crippen molar-refractivity contribution >= 4 is 39.8 Å². The highest BCUT2D eigenvalue weighted by atomic mass is 32.2. The summed E-state index contributed by atoms with van der Waals surface area (Å²) in [6, 6.07) is 4.31. The lowest BCUT2D eigenvalue weighted by molar-refractivity contribution is -0.113. The van der Waals surface area contributed by atoms with Crippen molar-refractivity contribution in [3.8, 4) is 0 Å². The Morgan fingerprint density at radius 3 is 3.00 bits per heavy atom.